The Labute approximate surface area is 169 Å². The summed E-state index contributed by atoms with van der Waals surface area (Å²) in [7, 11) is 0. The van der Waals surface area contributed by atoms with Crippen molar-refractivity contribution in [1.82, 2.24) is 4.98 Å². The number of hydrogen-bond acceptors (Lipinski definition) is 6. The standard InChI is InChI=1S/C22H25N5S/c1-14-7-22(8-14)12-27(13-22)20-5-3-16(11-25-20)21-26-18-4-2-15(6-19(18)28-21)17(9-23)10-24/h2-6,9-11,14,21,23,26H,7-8,12-13,24H2,1H3/b17-10+,23-9?. The molecule has 0 bridgehead atoms. The van der Waals surface area contributed by atoms with Crippen molar-refractivity contribution in [3.05, 3.63) is 53.9 Å². The summed E-state index contributed by atoms with van der Waals surface area (Å²) in [6, 6.07) is 10.5. The predicted molar refractivity (Wildman–Crippen MR) is 117 cm³/mol. The molecular formula is C22H25N5S. The molecule has 5 rings (SSSR count). The third-order valence-corrected chi connectivity index (χ3v) is 7.41. The second kappa shape index (κ2) is 6.55. The van der Waals surface area contributed by atoms with Crippen LogP contribution in [0.4, 0.5) is 11.5 Å². The lowest BCUT2D eigenvalue weighted by Crippen LogP contribution is -2.62. The molecule has 6 heteroatoms. The van der Waals surface area contributed by atoms with Gasteiger partial charge < -0.3 is 21.4 Å². The predicted octanol–water partition coefficient (Wildman–Crippen LogP) is 4.48. The molecule has 1 spiro atoms. The van der Waals surface area contributed by atoms with E-state index >= 15 is 0 Å². The Balaban J connectivity index is 1.26. The molecule has 1 saturated heterocycles. The first-order chi connectivity index (χ1) is 13.6. The van der Waals surface area contributed by atoms with Crippen LogP contribution in [0.1, 0.15) is 36.3 Å². The summed E-state index contributed by atoms with van der Waals surface area (Å²) in [5.74, 6) is 2.00. The van der Waals surface area contributed by atoms with E-state index in [0.717, 1.165) is 28.6 Å². The van der Waals surface area contributed by atoms with Crippen molar-refractivity contribution in [2.24, 2.45) is 17.1 Å². The molecule has 4 N–H and O–H groups in total. The number of thioether (sulfide) groups is 1. The zero-order valence-electron chi connectivity index (χ0n) is 16.0. The molecular weight excluding hydrogens is 366 g/mol. The number of fused-ring (bicyclic) bond motifs is 1. The largest absolute Gasteiger partial charge is 0.404 e. The van der Waals surface area contributed by atoms with E-state index in [1.165, 1.54) is 48.8 Å². The third-order valence-electron chi connectivity index (χ3n) is 6.19. The van der Waals surface area contributed by atoms with E-state index in [2.05, 4.69) is 41.4 Å². The van der Waals surface area contributed by atoms with Crippen molar-refractivity contribution < 1.29 is 0 Å². The number of nitrogens with one attached hydrogen (secondary N) is 2. The van der Waals surface area contributed by atoms with Crippen molar-refractivity contribution in [3.8, 4) is 0 Å². The number of hydrogen-bond donors (Lipinski definition) is 3. The maximum Gasteiger partial charge on any atom is 0.128 e. The van der Waals surface area contributed by atoms with Crippen molar-refractivity contribution in [2.45, 2.75) is 30.0 Å². The molecule has 2 aromatic rings. The van der Waals surface area contributed by atoms with E-state index < -0.39 is 0 Å². The van der Waals surface area contributed by atoms with Gasteiger partial charge in [0.15, 0.2) is 0 Å². The Morgan fingerprint density at radius 2 is 2.14 bits per heavy atom. The first-order valence-electron chi connectivity index (χ1n) is 9.80. The number of pyridine rings is 1. The second-order valence-electron chi connectivity index (χ2n) is 8.44. The SMILES string of the molecule is CC1CC2(C1)CN(c1ccc(C3Nc4ccc(/C(C=N)=C/N)cc4S3)cn1)C2. The molecule has 144 valence electrons. The van der Waals surface area contributed by atoms with Gasteiger partial charge in [0.2, 0.25) is 0 Å². The number of nitrogens with two attached hydrogens (primary N) is 1. The molecule has 1 aromatic carbocycles. The molecule has 5 nitrogen and oxygen atoms in total. The lowest BCUT2D eigenvalue weighted by atomic mass is 9.58. The van der Waals surface area contributed by atoms with Crippen molar-refractivity contribution >= 4 is 35.1 Å². The number of rotatable bonds is 4. The average Bonchev–Trinajstić information content (AvgIpc) is 3.08. The maximum absolute atomic E-state index is 7.49. The van der Waals surface area contributed by atoms with Crippen molar-refractivity contribution in [3.63, 3.8) is 0 Å². The highest BCUT2D eigenvalue weighted by atomic mass is 32.2. The zero-order valence-corrected chi connectivity index (χ0v) is 16.8. The van der Waals surface area contributed by atoms with Crippen LogP contribution in [0.3, 0.4) is 0 Å². The Hall–Kier alpha value is -2.47. The minimum atomic E-state index is 0.160. The summed E-state index contributed by atoms with van der Waals surface area (Å²) >= 11 is 1.78. The molecule has 0 amide bonds. The monoisotopic (exact) mass is 391 g/mol. The second-order valence-corrected chi connectivity index (χ2v) is 9.59. The lowest BCUT2D eigenvalue weighted by Gasteiger charge is -2.59. The smallest absolute Gasteiger partial charge is 0.128 e. The van der Waals surface area contributed by atoms with Crippen LogP contribution < -0.4 is 16.0 Å². The maximum atomic E-state index is 7.49. The van der Waals surface area contributed by atoms with E-state index in [1.54, 1.807) is 11.8 Å². The molecule has 1 atom stereocenters. The van der Waals surface area contributed by atoms with Gasteiger partial charge in [0, 0.05) is 58.8 Å². The fourth-order valence-corrected chi connectivity index (χ4v) is 6.10. The van der Waals surface area contributed by atoms with Crippen LogP contribution in [-0.4, -0.2) is 24.3 Å². The summed E-state index contributed by atoms with van der Waals surface area (Å²) in [6.45, 7) is 4.68. The van der Waals surface area contributed by atoms with E-state index in [1.807, 2.05) is 12.3 Å². The average molecular weight is 392 g/mol. The molecule has 3 aliphatic rings. The van der Waals surface area contributed by atoms with Gasteiger partial charge in [0.25, 0.3) is 0 Å². The number of benzene rings is 1. The highest BCUT2D eigenvalue weighted by molar-refractivity contribution is 8.00. The molecule has 1 aromatic heterocycles. The Bertz CT molecular complexity index is 938. The van der Waals surface area contributed by atoms with Crippen LogP contribution in [0.25, 0.3) is 5.57 Å². The normalized spacial score (nSPS) is 23.0. The Kier molecular flexibility index (Phi) is 4.12. The van der Waals surface area contributed by atoms with Gasteiger partial charge >= 0.3 is 0 Å². The quantitative estimate of drug-likeness (QED) is 0.670. The summed E-state index contributed by atoms with van der Waals surface area (Å²) in [5.41, 5.74) is 10.2. The number of nitrogens with zero attached hydrogens (tertiary/aromatic N) is 2. The Morgan fingerprint density at radius 3 is 2.79 bits per heavy atom. The molecule has 1 aliphatic carbocycles. The minimum absolute atomic E-state index is 0.160. The van der Waals surface area contributed by atoms with Crippen LogP contribution >= 0.6 is 11.8 Å². The van der Waals surface area contributed by atoms with Gasteiger partial charge in [-0.1, -0.05) is 30.8 Å². The molecule has 3 heterocycles. The lowest BCUT2D eigenvalue weighted by molar-refractivity contribution is 0.0331. The van der Waals surface area contributed by atoms with Crippen LogP contribution in [-0.2, 0) is 0 Å². The van der Waals surface area contributed by atoms with E-state index in [4.69, 9.17) is 16.1 Å². The van der Waals surface area contributed by atoms with Crippen molar-refractivity contribution in [1.29, 1.82) is 5.41 Å². The third kappa shape index (κ3) is 2.87. The summed E-state index contributed by atoms with van der Waals surface area (Å²) < 4.78 is 0. The highest BCUT2D eigenvalue weighted by Gasteiger charge is 2.51. The van der Waals surface area contributed by atoms with Crippen LogP contribution in [0.15, 0.2) is 47.6 Å². The van der Waals surface area contributed by atoms with Gasteiger partial charge in [0.1, 0.15) is 11.2 Å². The first-order valence-corrected chi connectivity index (χ1v) is 10.7. The molecule has 0 radical (unpaired) electrons. The number of anilines is 2. The van der Waals surface area contributed by atoms with Gasteiger partial charge in [-0.2, -0.15) is 0 Å². The fourth-order valence-electron chi connectivity index (χ4n) is 4.94. The molecule has 2 aliphatic heterocycles. The van der Waals surface area contributed by atoms with Crippen molar-refractivity contribution in [2.75, 3.05) is 23.3 Å². The van der Waals surface area contributed by atoms with E-state index in [0.29, 0.717) is 5.41 Å². The van der Waals surface area contributed by atoms with Crippen LogP contribution in [0.5, 0.6) is 0 Å². The minimum Gasteiger partial charge on any atom is -0.404 e. The van der Waals surface area contributed by atoms with Gasteiger partial charge in [-0.05, 0) is 42.5 Å². The van der Waals surface area contributed by atoms with Crippen LogP contribution in [0, 0.1) is 16.7 Å². The van der Waals surface area contributed by atoms with Gasteiger partial charge in [0.05, 0.1) is 0 Å². The van der Waals surface area contributed by atoms with Gasteiger partial charge in [-0.25, -0.2) is 4.98 Å². The van der Waals surface area contributed by atoms with E-state index in [-0.39, 0.29) is 5.37 Å². The van der Waals surface area contributed by atoms with Gasteiger partial charge in [-0.3, -0.25) is 0 Å². The van der Waals surface area contributed by atoms with E-state index in [9.17, 15) is 0 Å². The van der Waals surface area contributed by atoms with Crippen LogP contribution in [0.2, 0.25) is 0 Å². The highest BCUT2D eigenvalue weighted by Crippen LogP contribution is 2.52. The number of aromatic nitrogens is 1. The summed E-state index contributed by atoms with van der Waals surface area (Å²) in [4.78, 5) is 8.32. The molecule has 1 saturated carbocycles. The molecule has 2 fully saturated rings. The summed E-state index contributed by atoms with van der Waals surface area (Å²) in [6.07, 6.45) is 7.53. The topological polar surface area (TPSA) is 78.0 Å². The first kappa shape index (κ1) is 17.6. The zero-order chi connectivity index (χ0) is 19.3. The Morgan fingerprint density at radius 1 is 1.32 bits per heavy atom. The number of allylic oxidation sites excluding steroid dienone is 1. The fraction of sp³-hybridized carbons (Fsp3) is 0.364. The summed E-state index contributed by atoms with van der Waals surface area (Å²) in [5, 5.41) is 11.2. The molecule has 28 heavy (non-hydrogen) atoms. The molecule has 1 unspecified atom stereocenters. The van der Waals surface area contributed by atoms with Gasteiger partial charge in [-0.15, -0.1) is 0 Å².